The second kappa shape index (κ2) is 6.46. The van der Waals surface area contributed by atoms with Gasteiger partial charge in [0.05, 0.1) is 22.9 Å². The molecule has 1 aromatic heterocycles. The first kappa shape index (κ1) is 19.4. The van der Waals surface area contributed by atoms with Crippen LogP contribution in [0.15, 0.2) is 42.6 Å². The van der Waals surface area contributed by atoms with E-state index in [9.17, 15) is 23.1 Å². The van der Waals surface area contributed by atoms with Crippen molar-refractivity contribution < 1.29 is 23.1 Å². The Morgan fingerprint density at radius 3 is 2.63 bits per heavy atom. The lowest BCUT2D eigenvalue weighted by Gasteiger charge is -2.28. The molecular formula is C21H17ClF3N3O2. The van der Waals surface area contributed by atoms with Crippen molar-refractivity contribution in [2.75, 3.05) is 0 Å². The number of nitrogens with zero attached hydrogens (tertiary/aromatic N) is 1. The highest BCUT2D eigenvalue weighted by Crippen LogP contribution is 2.60. The number of hydrogen-bond donors (Lipinski definition) is 3. The summed E-state index contributed by atoms with van der Waals surface area (Å²) >= 11 is 5.92. The largest absolute Gasteiger partial charge is 0.416 e. The fourth-order valence-corrected chi connectivity index (χ4v) is 4.95. The van der Waals surface area contributed by atoms with Crippen molar-refractivity contribution in [2.24, 2.45) is 11.8 Å². The first-order chi connectivity index (χ1) is 14.2. The third kappa shape index (κ3) is 3.15. The van der Waals surface area contributed by atoms with Gasteiger partial charge in [0.15, 0.2) is 0 Å². The van der Waals surface area contributed by atoms with E-state index in [1.165, 1.54) is 6.20 Å². The smallest absolute Gasteiger partial charge is 0.385 e. The van der Waals surface area contributed by atoms with Crippen LogP contribution in [0.25, 0.3) is 10.9 Å². The number of amides is 1. The Bertz CT molecular complexity index is 1150. The van der Waals surface area contributed by atoms with Gasteiger partial charge in [0.2, 0.25) is 0 Å². The number of halogens is 4. The molecule has 0 saturated heterocycles. The van der Waals surface area contributed by atoms with Gasteiger partial charge in [-0.05, 0) is 60.6 Å². The van der Waals surface area contributed by atoms with Gasteiger partial charge in [0.1, 0.15) is 0 Å². The highest BCUT2D eigenvalue weighted by atomic mass is 35.5. The van der Waals surface area contributed by atoms with Crippen LogP contribution in [0.4, 0.5) is 13.2 Å². The second-order valence-electron chi connectivity index (χ2n) is 8.13. The van der Waals surface area contributed by atoms with E-state index in [1.807, 2.05) is 0 Å². The van der Waals surface area contributed by atoms with Gasteiger partial charge in [-0.2, -0.15) is 18.3 Å². The van der Waals surface area contributed by atoms with E-state index in [2.05, 4.69) is 15.5 Å². The molecule has 2 aromatic carbocycles. The zero-order valence-electron chi connectivity index (χ0n) is 15.5. The highest BCUT2D eigenvalue weighted by molar-refractivity contribution is 6.30. The summed E-state index contributed by atoms with van der Waals surface area (Å²) in [7, 11) is 0. The van der Waals surface area contributed by atoms with Crippen molar-refractivity contribution in [1.29, 1.82) is 0 Å². The van der Waals surface area contributed by atoms with Crippen LogP contribution in [-0.4, -0.2) is 27.3 Å². The van der Waals surface area contributed by atoms with Crippen molar-refractivity contribution >= 4 is 28.4 Å². The number of aliphatic hydroxyl groups is 1. The lowest BCUT2D eigenvalue weighted by atomic mass is 9.85. The van der Waals surface area contributed by atoms with Crippen LogP contribution in [0, 0.1) is 11.8 Å². The molecule has 2 unspecified atom stereocenters. The minimum atomic E-state index is -4.53. The Labute approximate surface area is 174 Å². The summed E-state index contributed by atoms with van der Waals surface area (Å²) in [6, 6.07) is 8.50. The van der Waals surface area contributed by atoms with Crippen molar-refractivity contribution in [1.82, 2.24) is 15.5 Å². The van der Waals surface area contributed by atoms with Crippen LogP contribution >= 0.6 is 11.6 Å². The summed E-state index contributed by atoms with van der Waals surface area (Å²) in [6.07, 6.45) is -2.54. The molecule has 9 heteroatoms. The first-order valence-corrected chi connectivity index (χ1v) is 9.87. The summed E-state index contributed by atoms with van der Waals surface area (Å²) in [5.74, 6) is -0.235. The maximum absolute atomic E-state index is 13.3. The van der Waals surface area contributed by atoms with Gasteiger partial charge < -0.3 is 10.4 Å². The Morgan fingerprint density at radius 2 is 1.97 bits per heavy atom. The molecule has 1 heterocycles. The van der Waals surface area contributed by atoms with Crippen molar-refractivity contribution in [3.63, 3.8) is 0 Å². The Balaban J connectivity index is 1.36. The van der Waals surface area contributed by atoms with Crippen molar-refractivity contribution in [3.8, 4) is 0 Å². The minimum Gasteiger partial charge on any atom is -0.385 e. The number of H-pyrrole nitrogens is 1. The van der Waals surface area contributed by atoms with Crippen molar-refractivity contribution in [2.45, 2.75) is 30.7 Å². The normalized spacial score (nSPS) is 27.8. The van der Waals surface area contributed by atoms with E-state index < -0.39 is 17.3 Å². The Morgan fingerprint density at radius 1 is 1.23 bits per heavy atom. The molecule has 5 rings (SSSR count). The molecule has 30 heavy (non-hydrogen) atoms. The minimum absolute atomic E-state index is 0.00891. The van der Waals surface area contributed by atoms with Gasteiger partial charge in [-0.1, -0.05) is 17.7 Å². The molecular weight excluding hydrogens is 419 g/mol. The molecule has 2 atom stereocenters. The molecule has 0 radical (unpaired) electrons. The van der Waals surface area contributed by atoms with E-state index in [0.717, 1.165) is 12.1 Å². The summed E-state index contributed by atoms with van der Waals surface area (Å²) in [6.45, 7) is 0. The summed E-state index contributed by atoms with van der Waals surface area (Å²) in [4.78, 5) is 12.4. The van der Waals surface area contributed by atoms with E-state index in [-0.39, 0.29) is 47.7 Å². The maximum Gasteiger partial charge on any atom is 0.416 e. The number of alkyl halides is 3. The maximum atomic E-state index is 13.3. The van der Waals surface area contributed by atoms with E-state index >= 15 is 0 Å². The number of carbonyl (C=O) groups is 1. The summed E-state index contributed by atoms with van der Waals surface area (Å²) in [5.41, 5.74) is -1.31. The number of benzene rings is 2. The van der Waals surface area contributed by atoms with Gasteiger partial charge in [-0.25, -0.2) is 0 Å². The number of hydrogen-bond acceptors (Lipinski definition) is 3. The Kier molecular flexibility index (Phi) is 4.17. The average molecular weight is 436 g/mol. The predicted octanol–water partition coefficient (Wildman–Crippen LogP) is 4.26. The third-order valence-electron chi connectivity index (χ3n) is 6.25. The molecule has 2 aliphatic rings. The number of fused-ring (bicyclic) bond motifs is 2. The van der Waals surface area contributed by atoms with Gasteiger partial charge in [0.25, 0.3) is 5.91 Å². The summed E-state index contributed by atoms with van der Waals surface area (Å²) < 4.78 is 40.0. The van der Waals surface area contributed by atoms with Gasteiger partial charge >= 0.3 is 6.18 Å². The molecule has 156 valence electrons. The van der Waals surface area contributed by atoms with E-state index in [1.54, 1.807) is 24.3 Å². The number of carbonyl (C=O) groups excluding carboxylic acids is 1. The molecule has 1 amide bonds. The topological polar surface area (TPSA) is 78.0 Å². The van der Waals surface area contributed by atoms with Crippen LogP contribution < -0.4 is 5.32 Å². The fraction of sp³-hybridized carbons (Fsp3) is 0.333. The zero-order valence-corrected chi connectivity index (χ0v) is 16.3. The van der Waals surface area contributed by atoms with Crippen molar-refractivity contribution in [3.05, 3.63) is 64.3 Å². The highest BCUT2D eigenvalue weighted by Gasteiger charge is 2.62. The Hall–Kier alpha value is -2.58. The number of nitrogens with one attached hydrogen (secondary N) is 2. The van der Waals surface area contributed by atoms with Gasteiger partial charge in [-0.3, -0.25) is 9.89 Å². The van der Waals surface area contributed by atoms with Gasteiger partial charge in [-0.15, -0.1) is 0 Å². The van der Waals surface area contributed by atoms with E-state index in [0.29, 0.717) is 16.0 Å². The molecule has 3 aromatic rings. The monoisotopic (exact) mass is 435 g/mol. The number of rotatable bonds is 3. The zero-order chi connectivity index (χ0) is 21.3. The van der Waals surface area contributed by atoms with Crippen LogP contribution in [0.3, 0.4) is 0 Å². The van der Waals surface area contributed by atoms with E-state index in [4.69, 9.17) is 11.6 Å². The lowest BCUT2D eigenvalue weighted by Crippen LogP contribution is -2.33. The van der Waals surface area contributed by atoms with Crippen LogP contribution in [0.2, 0.25) is 5.02 Å². The molecule has 2 aliphatic carbocycles. The molecule has 0 bridgehead atoms. The molecule has 5 nitrogen and oxygen atoms in total. The molecule has 0 aliphatic heterocycles. The molecule has 2 saturated carbocycles. The molecule has 0 spiro atoms. The van der Waals surface area contributed by atoms with Gasteiger partial charge in [0, 0.05) is 22.0 Å². The average Bonchev–Trinajstić information content (AvgIpc) is 3.04. The lowest BCUT2D eigenvalue weighted by molar-refractivity contribution is -0.137. The molecule has 3 N–H and O–H groups in total. The quantitative estimate of drug-likeness (QED) is 0.575. The SMILES string of the molecule is O=C(NC1C2CC(O)(c3cc(C(F)(F)F)cc4[nH]ncc34)CC21)c1cccc(Cl)c1. The van der Waals surface area contributed by atoms with Crippen LogP contribution in [0.1, 0.15) is 34.3 Å². The third-order valence-corrected chi connectivity index (χ3v) is 6.49. The molecule has 2 fully saturated rings. The van der Waals surface area contributed by atoms with Crippen LogP contribution in [-0.2, 0) is 11.8 Å². The van der Waals surface area contributed by atoms with Crippen LogP contribution in [0.5, 0.6) is 0 Å². The second-order valence-corrected chi connectivity index (χ2v) is 8.57. The summed E-state index contributed by atoms with van der Waals surface area (Å²) in [5, 5.41) is 21.5. The predicted molar refractivity (Wildman–Crippen MR) is 104 cm³/mol. The fourth-order valence-electron chi connectivity index (χ4n) is 4.76. The first-order valence-electron chi connectivity index (χ1n) is 9.49. The standard InChI is InChI=1S/C21H17ClF3N3O2/c22-12-3-1-2-10(4-12)19(29)27-18-13-7-20(30,8-14(13)18)16-5-11(21(23,24)25)6-17-15(16)9-26-28-17/h1-6,9,13-14,18,30H,7-8H2,(H,26,28)(H,27,29). The number of aromatic nitrogens is 2. The number of aromatic amines is 1.